The second-order valence-corrected chi connectivity index (χ2v) is 6.40. The number of nitrogens with two attached hydrogens (primary N) is 1. The molecule has 3 nitrogen and oxygen atoms in total. The van der Waals surface area contributed by atoms with E-state index in [1.165, 1.54) is 0 Å². The van der Waals surface area contributed by atoms with Crippen molar-refractivity contribution in [1.29, 1.82) is 0 Å². The lowest BCUT2D eigenvalue weighted by atomic mass is 9.83. The molecule has 0 bridgehead atoms. The number of benzene rings is 3. The number of hydrogen-bond acceptors (Lipinski definition) is 3. The number of carbonyl (C=O) groups excluding carboxylic acids is 1. The van der Waals surface area contributed by atoms with Crippen LogP contribution in [0, 0.1) is 5.92 Å². The Morgan fingerprint density at radius 2 is 1.20 bits per heavy atom. The van der Waals surface area contributed by atoms with Crippen molar-refractivity contribution in [2.75, 3.05) is 0 Å². The molecule has 1 fully saturated rings. The van der Waals surface area contributed by atoms with Crippen molar-refractivity contribution >= 4 is 5.97 Å². The van der Waals surface area contributed by atoms with Gasteiger partial charge in [0.2, 0.25) is 0 Å². The Kier molecular flexibility index (Phi) is 3.86. The van der Waals surface area contributed by atoms with Gasteiger partial charge in [-0.25, -0.2) is 0 Å². The minimum absolute atomic E-state index is 0.00505. The van der Waals surface area contributed by atoms with Gasteiger partial charge >= 0.3 is 5.97 Å². The molecule has 124 valence electrons. The molecule has 0 spiro atoms. The van der Waals surface area contributed by atoms with Crippen LogP contribution in [0.15, 0.2) is 91.0 Å². The van der Waals surface area contributed by atoms with Gasteiger partial charge < -0.3 is 4.84 Å². The Hall–Kier alpha value is -2.91. The lowest BCUT2D eigenvalue weighted by Gasteiger charge is -2.20. The van der Waals surface area contributed by atoms with E-state index in [-0.39, 0.29) is 17.8 Å². The van der Waals surface area contributed by atoms with Gasteiger partial charge in [-0.15, -0.1) is 0 Å². The summed E-state index contributed by atoms with van der Waals surface area (Å²) in [6.45, 7) is 0. The zero-order valence-corrected chi connectivity index (χ0v) is 13.7. The summed E-state index contributed by atoms with van der Waals surface area (Å²) in [5.41, 5.74) is 2.86. The van der Waals surface area contributed by atoms with E-state index in [1.54, 1.807) is 0 Å². The van der Waals surface area contributed by atoms with Gasteiger partial charge in [-0.2, -0.15) is 5.90 Å². The Morgan fingerprint density at radius 3 is 1.64 bits per heavy atom. The monoisotopic (exact) mass is 329 g/mol. The van der Waals surface area contributed by atoms with Crippen molar-refractivity contribution in [1.82, 2.24) is 0 Å². The topological polar surface area (TPSA) is 52.3 Å². The predicted octanol–water partition coefficient (Wildman–Crippen LogP) is 3.80. The molecule has 1 aliphatic carbocycles. The Balaban J connectivity index is 1.95. The van der Waals surface area contributed by atoms with Crippen molar-refractivity contribution in [3.8, 4) is 0 Å². The lowest BCUT2D eigenvalue weighted by Crippen LogP contribution is -2.20. The van der Waals surface area contributed by atoms with Gasteiger partial charge in [0.25, 0.3) is 0 Å². The van der Waals surface area contributed by atoms with Gasteiger partial charge in [-0.1, -0.05) is 91.0 Å². The molecule has 3 aromatic carbocycles. The van der Waals surface area contributed by atoms with Gasteiger partial charge in [0.1, 0.15) is 0 Å². The van der Waals surface area contributed by atoms with E-state index in [2.05, 4.69) is 41.2 Å². The summed E-state index contributed by atoms with van der Waals surface area (Å²) in [4.78, 5) is 17.3. The highest BCUT2D eigenvalue weighted by molar-refractivity contribution is 5.84. The summed E-state index contributed by atoms with van der Waals surface area (Å²) in [6, 6.07) is 30.4. The molecule has 1 saturated carbocycles. The number of rotatable bonds is 4. The van der Waals surface area contributed by atoms with Crippen molar-refractivity contribution in [3.05, 3.63) is 108 Å². The Morgan fingerprint density at radius 1 is 0.760 bits per heavy atom. The summed E-state index contributed by atoms with van der Waals surface area (Å²) >= 11 is 0. The van der Waals surface area contributed by atoms with Crippen LogP contribution in [-0.4, -0.2) is 5.97 Å². The fourth-order valence-electron chi connectivity index (χ4n) is 4.21. The highest BCUT2D eigenvalue weighted by Crippen LogP contribution is 2.69. The molecule has 2 N–H and O–H groups in total. The second kappa shape index (κ2) is 6.19. The highest BCUT2D eigenvalue weighted by atomic mass is 16.7. The van der Waals surface area contributed by atoms with E-state index in [0.29, 0.717) is 0 Å². The second-order valence-electron chi connectivity index (χ2n) is 6.40. The molecule has 0 aliphatic heterocycles. The minimum atomic E-state index is -0.458. The van der Waals surface area contributed by atoms with E-state index in [4.69, 9.17) is 5.90 Å². The first-order valence-corrected chi connectivity index (χ1v) is 8.36. The molecule has 2 atom stereocenters. The summed E-state index contributed by atoms with van der Waals surface area (Å²) in [5, 5.41) is 0. The molecule has 4 rings (SSSR count). The molecule has 0 saturated heterocycles. The van der Waals surface area contributed by atoms with E-state index in [1.807, 2.05) is 54.6 Å². The van der Waals surface area contributed by atoms with Crippen LogP contribution in [0.5, 0.6) is 0 Å². The molecule has 0 radical (unpaired) electrons. The molecule has 1 aliphatic rings. The maximum atomic E-state index is 12.6. The third kappa shape index (κ3) is 2.36. The first-order chi connectivity index (χ1) is 12.3. The van der Waals surface area contributed by atoms with Crippen LogP contribution in [-0.2, 0) is 15.0 Å². The van der Waals surface area contributed by atoms with Crippen LogP contribution in [0.1, 0.15) is 22.6 Å². The van der Waals surface area contributed by atoms with E-state index in [9.17, 15) is 4.79 Å². The van der Waals surface area contributed by atoms with E-state index >= 15 is 0 Å². The van der Waals surface area contributed by atoms with Crippen LogP contribution in [0.25, 0.3) is 0 Å². The quantitative estimate of drug-likeness (QED) is 0.741. The Labute approximate surface area is 147 Å². The number of carbonyl (C=O) groups is 1. The first kappa shape index (κ1) is 15.6. The van der Waals surface area contributed by atoms with Crippen molar-refractivity contribution in [2.45, 2.75) is 11.3 Å². The highest BCUT2D eigenvalue weighted by Gasteiger charge is 2.70. The summed E-state index contributed by atoms with van der Waals surface area (Å²) in [5.74, 6) is 4.56. The van der Waals surface area contributed by atoms with Crippen LogP contribution >= 0.6 is 0 Å². The zero-order valence-electron chi connectivity index (χ0n) is 13.7. The molecular formula is C22H19NO2. The standard InChI is InChI=1S/C22H19NO2/c23-25-21(24)20-19(16-10-4-1-5-11-16)22(20,17-12-6-2-7-13-17)18-14-8-3-9-15-18/h1-15,19-20H,23H2/t19-,20+/m1/s1. The normalized spacial score (nSPS) is 20.7. The van der Waals surface area contributed by atoms with E-state index < -0.39 is 5.41 Å². The zero-order chi connectivity index (χ0) is 17.3. The van der Waals surface area contributed by atoms with Crippen LogP contribution < -0.4 is 5.90 Å². The van der Waals surface area contributed by atoms with Gasteiger partial charge in [0.05, 0.1) is 5.92 Å². The fourth-order valence-corrected chi connectivity index (χ4v) is 4.21. The molecule has 3 aromatic rings. The largest absolute Gasteiger partial charge is 0.373 e. The predicted molar refractivity (Wildman–Crippen MR) is 96.6 cm³/mol. The first-order valence-electron chi connectivity index (χ1n) is 8.36. The average Bonchev–Trinajstić information content (AvgIpc) is 3.41. The van der Waals surface area contributed by atoms with Gasteiger partial charge in [-0.05, 0) is 16.7 Å². The van der Waals surface area contributed by atoms with Crippen molar-refractivity contribution in [3.63, 3.8) is 0 Å². The maximum absolute atomic E-state index is 12.6. The molecule has 0 unspecified atom stereocenters. The van der Waals surface area contributed by atoms with Crippen LogP contribution in [0.2, 0.25) is 0 Å². The SMILES string of the molecule is NOC(=O)[C@@H]1[C@@H](c2ccccc2)C1(c1ccccc1)c1ccccc1. The average molecular weight is 329 g/mol. The molecular weight excluding hydrogens is 310 g/mol. The summed E-state index contributed by atoms with van der Waals surface area (Å²) < 4.78 is 0. The maximum Gasteiger partial charge on any atom is 0.329 e. The molecule has 3 heteroatoms. The summed E-state index contributed by atoms with van der Waals surface area (Å²) in [7, 11) is 0. The molecule has 0 heterocycles. The lowest BCUT2D eigenvalue weighted by molar-refractivity contribution is -0.146. The van der Waals surface area contributed by atoms with Gasteiger partial charge in [0, 0.05) is 11.3 Å². The molecule has 25 heavy (non-hydrogen) atoms. The minimum Gasteiger partial charge on any atom is -0.373 e. The molecule has 0 amide bonds. The Bertz CT molecular complexity index is 823. The summed E-state index contributed by atoms with van der Waals surface area (Å²) in [6.07, 6.45) is 0. The third-order valence-corrected chi connectivity index (χ3v) is 5.24. The van der Waals surface area contributed by atoms with Crippen molar-refractivity contribution in [2.24, 2.45) is 11.8 Å². The van der Waals surface area contributed by atoms with Gasteiger partial charge in [0.15, 0.2) is 0 Å². The van der Waals surface area contributed by atoms with Crippen molar-refractivity contribution < 1.29 is 9.63 Å². The fraction of sp³-hybridized carbons (Fsp3) is 0.136. The third-order valence-electron chi connectivity index (χ3n) is 5.24. The molecule has 0 aromatic heterocycles. The van der Waals surface area contributed by atoms with E-state index in [0.717, 1.165) is 16.7 Å². The van der Waals surface area contributed by atoms with Crippen LogP contribution in [0.4, 0.5) is 0 Å². The van der Waals surface area contributed by atoms with Crippen LogP contribution in [0.3, 0.4) is 0 Å². The number of hydrogen-bond donors (Lipinski definition) is 1. The van der Waals surface area contributed by atoms with Gasteiger partial charge in [-0.3, -0.25) is 4.79 Å². The smallest absolute Gasteiger partial charge is 0.329 e.